The first-order chi connectivity index (χ1) is 10.5. The average molecular weight is 303 g/mol. The van der Waals surface area contributed by atoms with Crippen LogP contribution in [0.5, 0.6) is 11.6 Å². The van der Waals surface area contributed by atoms with Crippen LogP contribution < -0.4 is 20.2 Å². The number of aromatic nitrogens is 2. The van der Waals surface area contributed by atoms with Crippen LogP contribution in [0, 0.1) is 6.92 Å². The molecule has 2 heterocycles. The molecule has 2 aromatic heterocycles. The van der Waals surface area contributed by atoms with Gasteiger partial charge in [-0.1, -0.05) is 0 Å². The first-order valence-electron chi connectivity index (χ1n) is 6.58. The van der Waals surface area contributed by atoms with E-state index in [9.17, 15) is 9.59 Å². The van der Waals surface area contributed by atoms with Crippen LogP contribution in [-0.4, -0.2) is 29.7 Å². The molecule has 7 heteroatoms. The van der Waals surface area contributed by atoms with Gasteiger partial charge in [-0.3, -0.25) is 9.59 Å². The van der Waals surface area contributed by atoms with Crippen molar-refractivity contribution < 1.29 is 14.3 Å². The number of nitrogens with zero attached hydrogens (tertiary/aromatic N) is 2. The third-order valence-corrected chi connectivity index (χ3v) is 3.07. The molecule has 2 aromatic rings. The second-order valence-corrected chi connectivity index (χ2v) is 4.61. The molecule has 0 saturated carbocycles. The minimum absolute atomic E-state index is 0.0640. The van der Waals surface area contributed by atoms with E-state index in [4.69, 9.17) is 9.47 Å². The molecule has 0 saturated heterocycles. The molecule has 0 spiro atoms. The molecule has 0 fully saturated rings. The van der Waals surface area contributed by atoms with Crippen molar-refractivity contribution >= 4 is 11.6 Å². The Morgan fingerprint density at radius 3 is 2.68 bits per heavy atom. The Morgan fingerprint density at radius 1 is 1.32 bits per heavy atom. The monoisotopic (exact) mass is 303 g/mol. The number of amides is 1. The SMILES string of the molecule is COc1ccc(NC(=O)Cn2cc(OC)c(=O)cc2C)cn1. The predicted octanol–water partition coefficient (Wildman–Crippen LogP) is 1.21. The number of methoxy groups -OCH3 is 2. The fourth-order valence-electron chi connectivity index (χ4n) is 1.90. The third kappa shape index (κ3) is 3.63. The number of carbonyl (C=O) groups excluding carboxylic acids is 1. The lowest BCUT2D eigenvalue weighted by Gasteiger charge is -2.12. The Balaban J connectivity index is 2.09. The molecule has 0 unspecified atom stereocenters. The number of aryl methyl sites for hydroxylation is 1. The highest BCUT2D eigenvalue weighted by Crippen LogP contribution is 2.11. The standard InChI is InChI=1S/C15H17N3O4/c1-10-6-12(19)13(21-2)8-18(10)9-14(20)17-11-4-5-15(22-3)16-7-11/h4-8H,9H2,1-3H3,(H,17,20). The van der Waals surface area contributed by atoms with E-state index in [0.717, 1.165) is 0 Å². The van der Waals surface area contributed by atoms with Crippen LogP contribution in [0.1, 0.15) is 5.69 Å². The number of nitrogens with one attached hydrogen (secondary N) is 1. The molecule has 0 atom stereocenters. The van der Waals surface area contributed by atoms with Crippen molar-refractivity contribution in [3.63, 3.8) is 0 Å². The molecule has 0 aliphatic heterocycles. The lowest BCUT2D eigenvalue weighted by molar-refractivity contribution is -0.116. The minimum Gasteiger partial charge on any atom is -0.491 e. The van der Waals surface area contributed by atoms with Crippen molar-refractivity contribution in [3.8, 4) is 11.6 Å². The van der Waals surface area contributed by atoms with E-state index >= 15 is 0 Å². The Hall–Kier alpha value is -2.83. The van der Waals surface area contributed by atoms with Gasteiger partial charge in [-0.15, -0.1) is 0 Å². The van der Waals surface area contributed by atoms with Gasteiger partial charge in [0.05, 0.1) is 32.3 Å². The molecule has 0 aromatic carbocycles. The summed E-state index contributed by atoms with van der Waals surface area (Å²) in [6.07, 6.45) is 3.03. The van der Waals surface area contributed by atoms with Gasteiger partial charge in [0, 0.05) is 17.8 Å². The molecule has 0 bridgehead atoms. The maximum Gasteiger partial charge on any atom is 0.244 e. The van der Waals surface area contributed by atoms with E-state index in [-0.39, 0.29) is 23.6 Å². The van der Waals surface area contributed by atoms with Gasteiger partial charge in [-0.05, 0) is 13.0 Å². The van der Waals surface area contributed by atoms with E-state index in [1.165, 1.54) is 32.7 Å². The van der Waals surface area contributed by atoms with E-state index in [2.05, 4.69) is 10.3 Å². The molecule has 0 aliphatic rings. The van der Waals surface area contributed by atoms with E-state index in [1.54, 1.807) is 23.6 Å². The molecular formula is C15H17N3O4. The summed E-state index contributed by atoms with van der Waals surface area (Å²) >= 11 is 0. The summed E-state index contributed by atoms with van der Waals surface area (Å²) in [6.45, 7) is 1.82. The molecule has 2 rings (SSSR count). The van der Waals surface area contributed by atoms with Crippen molar-refractivity contribution in [2.75, 3.05) is 19.5 Å². The lowest BCUT2D eigenvalue weighted by Crippen LogP contribution is -2.22. The van der Waals surface area contributed by atoms with Gasteiger partial charge in [0.15, 0.2) is 5.75 Å². The maximum absolute atomic E-state index is 12.1. The summed E-state index contributed by atoms with van der Waals surface area (Å²) in [5.41, 5.74) is 1.03. The molecule has 0 radical (unpaired) electrons. The van der Waals surface area contributed by atoms with Gasteiger partial charge >= 0.3 is 0 Å². The highest BCUT2D eigenvalue weighted by molar-refractivity contribution is 5.90. The van der Waals surface area contributed by atoms with Crippen LogP contribution >= 0.6 is 0 Å². The number of ether oxygens (including phenoxy) is 2. The van der Waals surface area contributed by atoms with Gasteiger partial charge in [-0.25, -0.2) is 4.98 Å². The largest absolute Gasteiger partial charge is 0.491 e. The Bertz CT molecular complexity index is 723. The second kappa shape index (κ2) is 6.75. The Labute approximate surface area is 127 Å². The highest BCUT2D eigenvalue weighted by atomic mass is 16.5. The lowest BCUT2D eigenvalue weighted by atomic mass is 10.3. The summed E-state index contributed by atoms with van der Waals surface area (Å²) in [7, 11) is 2.94. The normalized spacial score (nSPS) is 10.1. The van der Waals surface area contributed by atoms with E-state index in [0.29, 0.717) is 17.3 Å². The highest BCUT2D eigenvalue weighted by Gasteiger charge is 2.08. The molecule has 22 heavy (non-hydrogen) atoms. The fraction of sp³-hybridized carbons (Fsp3) is 0.267. The Kier molecular flexibility index (Phi) is 4.77. The molecular weight excluding hydrogens is 286 g/mol. The van der Waals surface area contributed by atoms with Crippen LogP contribution in [0.15, 0.2) is 35.4 Å². The summed E-state index contributed by atoms with van der Waals surface area (Å²) in [5, 5.41) is 2.72. The van der Waals surface area contributed by atoms with Crippen molar-refractivity contribution in [3.05, 3.63) is 46.5 Å². The average Bonchev–Trinajstić information content (AvgIpc) is 2.50. The van der Waals surface area contributed by atoms with E-state index < -0.39 is 0 Å². The minimum atomic E-state index is -0.235. The van der Waals surface area contributed by atoms with Gasteiger partial charge in [-0.2, -0.15) is 0 Å². The zero-order valence-corrected chi connectivity index (χ0v) is 12.6. The number of carbonyl (C=O) groups is 1. The zero-order valence-electron chi connectivity index (χ0n) is 12.6. The summed E-state index contributed by atoms with van der Waals surface area (Å²) in [6, 6.07) is 4.78. The fourth-order valence-corrected chi connectivity index (χ4v) is 1.90. The summed E-state index contributed by atoms with van der Waals surface area (Å²) in [5.74, 6) is 0.435. The van der Waals surface area contributed by atoms with Crippen molar-refractivity contribution in [1.82, 2.24) is 9.55 Å². The van der Waals surface area contributed by atoms with Crippen molar-refractivity contribution in [1.29, 1.82) is 0 Å². The van der Waals surface area contributed by atoms with Crippen molar-refractivity contribution in [2.24, 2.45) is 0 Å². The van der Waals surface area contributed by atoms with E-state index in [1.807, 2.05) is 0 Å². The van der Waals surface area contributed by atoms with Crippen LogP contribution in [0.3, 0.4) is 0 Å². The smallest absolute Gasteiger partial charge is 0.244 e. The maximum atomic E-state index is 12.1. The predicted molar refractivity (Wildman–Crippen MR) is 81.4 cm³/mol. The quantitative estimate of drug-likeness (QED) is 0.897. The van der Waals surface area contributed by atoms with Gasteiger partial charge in [0.25, 0.3) is 0 Å². The van der Waals surface area contributed by atoms with Gasteiger partial charge < -0.3 is 19.4 Å². The number of hydrogen-bond acceptors (Lipinski definition) is 5. The first kappa shape index (κ1) is 15.6. The van der Waals surface area contributed by atoms with Crippen LogP contribution in [-0.2, 0) is 11.3 Å². The topological polar surface area (TPSA) is 82.5 Å². The molecule has 1 N–H and O–H groups in total. The molecule has 1 amide bonds. The Morgan fingerprint density at radius 2 is 2.09 bits per heavy atom. The van der Waals surface area contributed by atoms with Gasteiger partial charge in [0.2, 0.25) is 17.2 Å². The second-order valence-electron chi connectivity index (χ2n) is 4.61. The van der Waals surface area contributed by atoms with Crippen LogP contribution in [0.25, 0.3) is 0 Å². The third-order valence-electron chi connectivity index (χ3n) is 3.07. The van der Waals surface area contributed by atoms with Crippen molar-refractivity contribution in [2.45, 2.75) is 13.5 Å². The van der Waals surface area contributed by atoms with Crippen LogP contribution in [0.4, 0.5) is 5.69 Å². The van der Waals surface area contributed by atoms with Crippen LogP contribution in [0.2, 0.25) is 0 Å². The zero-order chi connectivity index (χ0) is 16.1. The molecule has 7 nitrogen and oxygen atoms in total. The summed E-state index contributed by atoms with van der Waals surface area (Å²) < 4.78 is 11.6. The number of hydrogen-bond donors (Lipinski definition) is 1. The molecule has 0 aliphatic carbocycles. The molecule has 116 valence electrons. The first-order valence-corrected chi connectivity index (χ1v) is 6.58. The number of rotatable bonds is 5. The van der Waals surface area contributed by atoms with Gasteiger partial charge in [0.1, 0.15) is 6.54 Å². The summed E-state index contributed by atoms with van der Waals surface area (Å²) in [4.78, 5) is 27.7. The number of pyridine rings is 2. The number of anilines is 1.